The molecule has 0 aliphatic heterocycles. The van der Waals surface area contributed by atoms with E-state index in [2.05, 4.69) is 68.3 Å². The van der Waals surface area contributed by atoms with Gasteiger partial charge in [0.2, 0.25) is 0 Å². The molecule has 90 valence electrons. The Hall–Kier alpha value is -0.643. The topological polar surface area (TPSA) is 6.48 Å². The molecule has 0 aliphatic carbocycles. The molecular formula is C13H24N2Si. The molecule has 0 radical (unpaired) electrons. The van der Waals surface area contributed by atoms with E-state index in [1.54, 1.807) is 0 Å². The van der Waals surface area contributed by atoms with Crippen molar-refractivity contribution in [3.63, 3.8) is 0 Å². The van der Waals surface area contributed by atoms with Crippen LogP contribution < -0.4 is 0 Å². The Morgan fingerprint density at radius 2 is 1.50 bits per heavy atom. The van der Waals surface area contributed by atoms with Crippen molar-refractivity contribution in [3.8, 4) is 0 Å². The molecule has 0 heterocycles. The quantitative estimate of drug-likeness (QED) is 0.559. The Morgan fingerprint density at radius 1 is 1.00 bits per heavy atom. The van der Waals surface area contributed by atoms with Crippen LogP contribution in [0.25, 0.3) is 0 Å². The molecule has 0 fully saturated rings. The summed E-state index contributed by atoms with van der Waals surface area (Å²) in [6.45, 7) is 0. The minimum atomic E-state index is 0.0447. The van der Waals surface area contributed by atoms with Crippen LogP contribution in [-0.2, 0) is 5.66 Å². The first kappa shape index (κ1) is 13.4. The van der Waals surface area contributed by atoms with Crippen LogP contribution in [0.5, 0.6) is 0 Å². The Labute approximate surface area is 103 Å². The molecule has 16 heavy (non-hydrogen) atoms. The van der Waals surface area contributed by atoms with Gasteiger partial charge < -0.3 is 0 Å². The second-order valence-corrected chi connectivity index (χ2v) is 5.72. The van der Waals surface area contributed by atoms with Crippen LogP contribution in [0.15, 0.2) is 30.3 Å². The average Bonchev–Trinajstić information content (AvgIpc) is 2.26. The maximum Gasteiger partial charge on any atom is 0.0987 e. The summed E-state index contributed by atoms with van der Waals surface area (Å²) in [5.41, 5.74) is 1.43. The van der Waals surface area contributed by atoms with Crippen LogP contribution in [0.4, 0.5) is 0 Å². The summed E-state index contributed by atoms with van der Waals surface area (Å²) < 4.78 is 0. The van der Waals surface area contributed by atoms with Crippen molar-refractivity contribution >= 4 is 10.2 Å². The maximum absolute atomic E-state index is 2.33. The highest BCUT2D eigenvalue weighted by atomic mass is 28.1. The summed E-state index contributed by atoms with van der Waals surface area (Å²) in [6.07, 6.45) is 1.20. The van der Waals surface area contributed by atoms with Crippen LogP contribution in [0, 0.1) is 0 Å². The predicted molar refractivity (Wildman–Crippen MR) is 74.9 cm³/mol. The number of hydrogen-bond donors (Lipinski definition) is 0. The molecule has 3 heteroatoms. The van der Waals surface area contributed by atoms with Crippen LogP contribution in [0.2, 0.25) is 6.04 Å². The fourth-order valence-corrected chi connectivity index (χ4v) is 3.26. The van der Waals surface area contributed by atoms with Crippen LogP contribution >= 0.6 is 0 Å². The van der Waals surface area contributed by atoms with Crippen molar-refractivity contribution < 1.29 is 0 Å². The normalized spacial score (nSPS) is 12.6. The van der Waals surface area contributed by atoms with Gasteiger partial charge in [-0.25, -0.2) is 0 Å². The lowest BCUT2D eigenvalue weighted by Gasteiger charge is -2.46. The van der Waals surface area contributed by atoms with Crippen molar-refractivity contribution in [1.29, 1.82) is 0 Å². The summed E-state index contributed by atoms with van der Waals surface area (Å²) in [4.78, 5) is 4.67. The van der Waals surface area contributed by atoms with Crippen molar-refractivity contribution in [2.75, 3.05) is 28.2 Å². The Balaban J connectivity index is 3.21. The summed E-state index contributed by atoms with van der Waals surface area (Å²) in [7, 11) is 9.94. The van der Waals surface area contributed by atoms with E-state index in [1.165, 1.54) is 28.3 Å². The third kappa shape index (κ3) is 2.37. The van der Waals surface area contributed by atoms with Gasteiger partial charge in [0.25, 0.3) is 0 Å². The molecule has 0 amide bonds. The van der Waals surface area contributed by atoms with E-state index < -0.39 is 0 Å². The summed E-state index contributed by atoms with van der Waals surface area (Å²) in [5.74, 6) is 0. The van der Waals surface area contributed by atoms with Crippen molar-refractivity contribution in [2.45, 2.75) is 18.1 Å². The molecule has 2 nitrogen and oxygen atoms in total. The fourth-order valence-electron chi connectivity index (χ4n) is 2.56. The van der Waals surface area contributed by atoms with E-state index in [1.807, 2.05) is 0 Å². The Kier molecular flexibility index (Phi) is 4.71. The number of benzene rings is 1. The standard InChI is InChI=1S/C13H24N2Si/c1-14(2)13(10-11-16,15(3)4)12-8-6-5-7-9-12/h5-9H,10-11H2,1-4,16H3. The van der Waals surface area contributed by atoms with Crippen molar-refractivity contribution in [2.24, 2.45) is 0 Å². The van der Waals surface area contributed by atoms with Gasteiger partial charge in [0.15, 0.2) is 0 Å². The first-order valence-corrected chi connectivity index (χ1v) is 7.37. The van der Waals surface area contributed by atoms with Gasteiger partial charge in [-0.2, -0.15) is 0 Å². The molecular weight excluding hydrogens is 212 g/mol. The highest BCUT2D eigenvalue weighted by Crippen LogP contribution is 2.33. The largest absolute Gasteiger partial charge is 0.288 e. The monoisotopic (exact) mass is 236 g/mol. The molecule has 0 N–H and O–H groups in total. The van der Waals surface area contributed by atoms with E-state index in [9.17, 15) is 0 Å². The zero-order valence-corrected chi connectivity index (χ0v) is 13.2. The van der Waals surface area contributed by atoms with Crippen LogP contribution in [-0.4, -0.2) is 48.2 Å². The summed E-state index contributed by atoms with van der Waals surface area (Å²) in [6, 6.07) is 12.1. The van der Waals surface area contributed by atoms with Crippen LogP contribution in [0.1, 0.15) is 12.0 Å². The smallest absolute Gasteiger partial charge is 0.0987 e. The number of hydrogen-bond acceptors (Lipinski definition) is 2. The van der Waals surface area contributed by atoms with Crippen molar-refractivity contribution in [1.82, 2.24) is 9.80 Å². The van der Waals surface area contributed by atoms with E-state index in [-0.39, 0.29) is 5.66 Å². The third-order valence-electron chi connectivity index (χ3n) is 3.31. The minimum Gasteiger partial charge on any atom is -0.288 e. The second-order valence-electron chi connectivity index (χ2n) is 4.72. The Bertz CT molecular complexity index is 301. The maximum atomic E-state index is 2.33. The molecule has 1 rings (SSSR count). The van der Waals surface area contributed by atoms with E-state index in [4.69, 9.17) is 0 Å². The van der Waals surface area contributed by atoms with E-state index in [0.717, 1.165) is 0 Å². The zero-order valence-electron chi connectivity index (χ0n) is 11.2. The predicted octanol–water partition coefficient (Wildman–Crippen LogP) is 1.14. The lowest BCUT2D eigenvalue weighted by atomic mass is 9.94. The van der Waals surface area contributed by atoms with Gasteiger partial charge in [-0.15, -0.1) is 0 Å². The molecule has 0 saturated heterocycles. The van der Waals surface area contributed by atoms with Gasteiger partial charge in [0.1, 0.15) is 0 Å². The van der Waals surface area contributed by atoms with Gasteiger partial charge in [-0.05, 0) is 40.2 Å². The highest BCUT2D eigenvalue weighted by molar-refractivity contribution is 6.08. The average molecular weight is 236 g/mol. The zero-order chi connectivity index (χ0) is 12.2. The molecule has 1 aromatic rings. The van der Waals surface area contributed by atoms with Gasteiger partial charge in [-0.3, -0.25) is 9.80 Å². The molecule has 0 spiro atoms. The second kappa shape index (κ2) is 5.62. The van der Waals surface area contributed by atoms with Gasteiger partial charge in [-0.1, -0.05) is 36.4 Å². The molecule has 0 atom stereocenters. The fraction of sp³-hybridized carbons (Fsp3) is 0.538. The van der Waals surface area contributed by atoms with Gasteiger partial charge >= 0.3 is 0 Å². The SMILES string of the molecule is CN(C)C(CC[SiH3])(c1ccccc1)N(C)C. The molecule has 0 saturated carbocycles. The van der Waals surface area contributed by atoms with Gasteiger partial charge in [0, 0.05) is 10.2 Å². The third-order valence-corrected chi connectivity index (χ3v) is 3.81. The molecule has 1 aromatic carbocycles. The first-order valence-electron chi connectivity index (χ1n) is 5.96. The lowest BCUT2D eigenvalue weighted by Crippen LogP contribution is -2.52. The first-order chi connectivity index (χ1) is 7.55. The van der Waals surface area contributed by atoms with E-state index >= 15 is 0 Å². The van der Waals surface area contributed by atoms with Gasteiger partial charge in [0.05, 0.1) is 5.66 Å². The van der Waals surface area contributed by atoms with Crippen LogP contribution in [0.3, 0.4) is 0 Å². The summed E-state index contributed by atoms with van der Waals surface area (Å²) in [5, 5.41) is 0. The highest BCUT2D eigenvalue weighted by Gasteiger charge is 2.35. The molecule has 0 bridgehead atoms. The minimum absolute atomic E-state index is 0.0447. The van der Waals surface area contributed by atoms with E-state index in [0.29, 0.717) is 0 Å². The Morgan fingerprint density at radius 3 is 1.88 bits per heavy atom. The number of rotatable bonds is 5. The molecule has 0 aliphatic rings. The molecule has 0 unspecified atom stereocenters. The summed E-state index contributed by atoms with van der Waals surface area (Å²) >= 11 is 0. The molecule has 0 aromatic heterocycles. The van der Waals surface area contributed by atoms with Crippen molar-refractivity contribution in [3.05, 3.63) is 35.9 Å². The number of nitrogens with zero attached hydrogens (tertiary/aromatic N) is 2. The lowest BCUT2D eigenvalue weighted by molar-refractivity contribution is -0.00486.